The van der Waals surface area contributed by atoms with Crippen molar-refractivity contribution in [3.63, 3.8) is 0 Å². The highest BCUT2D eigenvalue weighted by molar-refractivity contribution is 14.1. The summed E-state index contributed by atoms with van der Waals surface area (Å²) < 4.78 is 1.26. The summed E-state index contributed by atoms with van der Waals surface area (Å²) in [6, 6.07) is 8.23. The second-order valence-corrected chi connectivity index (χ2v) is 3.18. The SMILES string of the molecule is [CH2]CNc1ccc(I)cc1. The molecule has 0 unspecified atom stereocenters. The van der Waals surface area contributed by atoms with E-state index >= 15 is 0 Å². The monoisotopic (exact) mass is 246 g/mol. The molecule has 1 rings (SSSR count). The number of halogens is 1. The third kappa shape index (κ3) is 2.17. The van der Waals surface area contributed by atoms with E-state index in [1.54, 1.807) is 0 Å². The van der Waals surface area contributed by atoms with Gasteiger partial charge >= 0.3 is 0 Å². The Labute approximate surface area is 75.0 Å². The molecule has 1 radical (unpaired) electrons. The van der Waals surface area contributed by atoms with Crippen molar-refractivity contribution in [3.8, 4) is 0 Å². The first-order chi connectivity index (χ1) is 4.83. The van der Waals surface area contributed by atoms with Gasteiger partial charge in [0.2, 0.25) is 0 Å². The Balaban J connectivity index is 2.69. The van der Waals surface area contributed by atoms with Crippen LogP contribution in [0.25, 0.3) is 0 Å². The fourth-order valence-electron chi connectivity index (χ4n) is 0.712. The standard InChI is InChI=1S/C8H9IN/c1-2-10-8-5-3-7(9)4-6-8/h3-6,10H,1-2H2. The van der Waals surface area contributed by atoms with Gasteiger partial charge in [-0.1, -0.05) is 0 Å². The first kappa shape index (κ1) is 7.85. The highest BCUT2D eigenvalue weighted by atomic mass is 127. The molecule has 1 aromatic carbocycles. The van der Waals surface area contributed by atoms with Crippen molar-refractivity contribution in [2.24, 2.45) is 0 Å². The third-order valence-corrected chi connectivity index (χ3v) is 1.89. The van der Waals surface area contributed by atoms with Gasteiger partial charge in [0.1, 0.15) is 0 Å². The first-order valence-corrected chi connectivity index (χ1v) is 4.19. The lowest BCUT2D eigenvalue weighted by Gasteiger charge is -2.00. The van der Waals surface area contributed by atoms with Crippen LogP contribution in [-0.2, 0) is 0 Å². The van der Waals surface area contributed by atoms with Gasteiger partial charge in [-0.25, -0.2) is 0 Å². The van der Waals surface area contributed by atoms with Gasteiger partial charge in [0.25, 0.3) is 0 Å². The van der Waals surface area contributed by atoms with Crippen LogP contribution in [0.1, 0.15) is 0 Å². The number of nitrogens with one attached hydrogen (secondary N) is 1. The number of hydrogen-bond acceptors (Lipinski definition) is 1. The van der Waals surface area contributed by atoms with Gasteiger partial charge in [0.15, 0.2) is 0 Å². The van der Waals surface area contributed by atoms with Gasteiger partial charge in [-0.05, 0) is 53.8 Å². The van der Waals surface area contributed by atoms with Gasteiger partial charge in [-0.3, -0.25) is 0 Å². The van der Waals surface area contributed by atoms with Gasteiger partial charge in [0.05, 0.1) is 0 Å². The third-order valence-electron chi connectivity index (χ3n) is 1.17. The minimum atomic E-state index is 0.737. The van der Waals surface area contributed by atoms with Crippen LogP contribution in [0.4, 0.5) is 5.69 Å². The molecule has 1 nitrogen and oxygen atoms in total. The maximum absolute atomic E-state index is 3.69. The molecule has 0 saturated heterocycles. The summed E-state index contributed by atoms with van der Waals surface area (Å²) in [6.07, 6.45) is 0. The summed E-state index contributed by atoms with van der Waals surface area (Å²) in [5, 5.41) is 3.12. The van der Waals surface area contributed by atoms with E-state index in [0.29, 0.717) is 0 Å². The first-order valence-electron chi connectivity index (χ1n) is 3.11. The fraction of sp³-hybridized carbons (Fsp3) is 0.125. The van der Waals surface area contributed by atoms with Crippen molar-refractivity contribution in [2.45, 2.75) is 0 Å². The quantitative estimate of drug-likeness (QED) is 0.790. The Bertz CT molecular complexity index is 193. The van der Waals surface area contributed by atoms with Crippen LogP contribution in [0.2, 0.25) is 0 Å². The van der Waals surface area contributed by atoms with Crippen molar-refractivity contribution in [2.75, 3.05) is 11.9 Å². The molecule has 0 aliphatic rings. The van der Waals surface area contributed by atoms with Crippen LogP contribution in [0.15, 0.2) is 24.3 Å². The van der Waals surface area contributed by atoms with Crippen LogP contribution in [0.5, 0.6) is 0 Å². The smallest absolute Gasteiger partial charge is 0.0340 e. The van der Waals surface area contributed by atoms with Crippen LogP contribution in [0.3, 0.4) is 0 Å². The molecule has 53 valence electrons. The second kappa shape index (κ2) is 3.81. The summed E-state index contributed by atoms with van der Waals surface area (Å²) >= 11 is 2.28. The van der Waals surface area contributed by atoms with E-state index in [9.17, 15) is 0 Å². The average Bonchev–Trinajstić information content (AvgIpc) is 1.95. The minimum Gasteiger partial charge on any atom is -0.385 e. The van der Waals surface area contributed by atoms with Crippen LogP contribution in [0, 0.1) is 10.5 Å². The normalized spacial score (nSPS) is 9.40. The van der Waals surface area contributed by atoms with Gasteiger partial charge in [-0.2, -0.15) is 0 Å². The van der Waals surface area contributed by atoms with E-state index in [2.05, 4.69) is 47.0 Å². The number of benzene rings is 1. The Kier molecular flexibility index (Phi) is 2.99. The topological polar surface area (TPSA) is 12.0 Å². The minimum absolute atomic E-state index is 0.737. The highest BCUT2D eigenvalue weighted by Crippen LogP contribution is 2.10. The predicted molar refractivity (Wildman–Crippen MR) is 53.0 cm³/mol. The maximum Gasteiger partial charge on any atom is 0.0340 e. The zero-order chi connectivity index (χ0) is 7.40. The molecule has 0 bridgehead atoms. The summed E-state index contributed by atoms with van der Waals surface area (Å²) in [4.78, 5) is 0. The molecule has 1 aromatic rings. The lowest BCUT2D eigenvalue weighted by atomic mass is 10.3. The molecule has 0 fully saturated rings. The predicted octanol–water partition coefficient (Wildman–Crippen LogP) is 2.54. The van der Waals surface area contributed by atoms with Crippen molar-refractivity contribution in [1.82, 2.24) is 0 Å². The van der Waals surface area contributed by atoms with Crippen molar-refractivity contribution >= 4 is 28.3 Å². The fourth-order valence-corrected chi connectivity index (χ4v) is 1.07. The van der Waals surface area contributed by atoms with Gasteiger partial charge in [0, 0.05) is 15.8 Å². The summed E-state index contributed by atoms with van der Waals surface area (Å²) in [5.41, 5.74) is 1.13. The molecule has 0 atom stereocenters. The molecule has 0 aliphatic carbocycles. The zero-order valence-corrected chi connectivity index (χ0v) is 7.76. The molecular formula is C8H9IN. The Hall–Kier alpha value is -0.250. The van der Waals surface area contributed by atoms with Crippen LogP contribution in [-0.4, -0.2) is 6.54 Å². The summed E-state index contributed by atoms with van der Waals surface area (Å²) in [5.74, 6) is 0. The van der Waals surface area contributed by atoms with Crippen molar-refractivity contribution < 1.29 is 0 Å². The molecule has 0 spiro atoms. The Morgan fingerprint density at radius 2 is 1.90 bits per heavy atom. The molecule has 0 saturated carbocycles. The van der Waals surface area contributed by atoms with E-state index in [4.69, 9.17) is 0 Å². The number of rotatable bonds is 2. The van der Waals surface area contributed by atoms with Crippen LogP contribution >= 0.6 is 22.6 Å². The largest absolute Gasteiger partial charge is 0.385 e. The summed E-state index contributed by atoms with van der Waals surface area (Å²) in [7, 11) is 0. The van der Waals surface area contributed by atoms with Crippen molar-refractivity contribution in [1.29, 1.82) is 0 Å². The maximum atomic E-state index is 3.69. The Morgan fingerprint density at radius 3 is 2.40 bits per heavy atom. The molecule has 10 heavy (non-hydrogen) atoms. The zero-order valence-electron chi connectivity index (χ0n) is 5.60. The molecule has 0 heterocycles. The molecule has 0 amide bonds. The average molecular weight is 246 g/mol. The molecule has 1 N–H and O–H groups in total. The lowest BCUT2D eigenvalue weighted by molar-refractivity contribution is 1.34. The molecule has 2 heteroatoms. The van der Waals surface area contributed by atoms with Crippen LogP contribution < -0.4 is 5.32 Å². The second-order valence-electron chi connectivity index (χ2n) is 1.93. The van der Waals surface area contributed by atoms with E-state index in [1.807, 2.05) is 12.1 Å². The molecular weight excluding hydrogens is 237 g/mol. The Morgan fingerprint density at radius 1 is 1.30 bits per heavy atom. The van der Waals surface area contributed by atoms with Gasteiger partial charge < -0.3 is 5.32 Å². The van der Waals surface area contributed by atoms with E-state index in [-0.39, 0.29) is 0 Å². The van der Waals surface area contributed by atoms with Crippen molar-refractivity contribution in [3.05, 3.63) is 34.8 Å². The lowest BCUT2D eigenvalue weighted by Crippen LogP contribution is -1.95. The molecule has 0 aliphatic heterocycles. The number of hydrogen-bond donors (Lipinski definition) is 1. The van der Waals surface area contributed by atoms with Gasteiger partial charge in [-0.15, -0.1) is 0 Å². The van der Waals surface area contributed by atoms with E-state index in [1.165, 1.54) is 3.57 Å². The van der Waals surface area contributed by atoms with E-state index < -0.39 is 0 Å². The highest BCUT2D eigenvalue weighted by Gasteiger charge is 1.87. The molecule has 0 aromatic heterocycles. The van der Waals surface area contributed by atoms with E-state index in [0.717, 1.165) is 12.2 Å². The summed E-state index contributed by atoms with van der Waals surface area (Å²) in [6.45, 7) is 4.43. The number of anilines is 1.